The Labute approximate surface area is 110 Å². The highest BCUT2D eigenvalue weighted by atomic mass is 16.6. The van der Waals surface area contributed by atoms with Crippen molar-refractivity contribution in [2.45, 2.75) is 58.1 Å². The number of hydrogen-bond acceptors (Lipinski definition) is 3. The summed E-state index contributed by atoms with van der Waals surface area (Å²) in [5.74, 6) is 1.36. The number of hydrogen-bond donors (Lipinski definition) is 2. The molecule has 1 amide bonds. The number of rotatable bonds is 2. The zero-order valence-corrected chi connectivity index (χ0v) is 11.8. The van der Waals surface area contributed by atoms with Gasteiger partial charge in [-0.05, 0) is 32.6 Å². The van der Waals surface area contributed by atoms with Gasteiger partial charge in [0.15, 0.2) is 0 Å². The van der Waals surface area contributed by atoms with Gasteiger partial charge >= 0.3 is 6.09 Å². The van der Waals surface area contributed by atoms with E-state index in [4.69, 9.17) is 4.74 Å². The molecule has 0 spiro atoms. The van der Waals surface area contributed by atoms with Gasteiger partial charge in [-0.2, -0.15) is 0 Å². The third kappa shape index (κ3) is 3.61. The van der Waals surface area contributed by atoms with Gasteiger partial charge in [0.2, 0.25) is 0 Å². The molecule has 2 atom stereocenters. The summed E-state index contributed by atoms with van der Waals surface area (Å²) in [7, 11) is 0. The first-order valence-corrected chi connectivity index (χ1v) is 7.16. The summed E-state index contributed by atoms with van der Waals surface area (Å²) in [5.41, 5.74) is -0.418. The average molecular weight is 254 g/mol. The van der Waals surface area contributed by atoms with Crippen molar-refractivity contribution < 1.29 is 9.53 Å². The van der Waals surface area contributed by atoms with Gasteiger partial charge in [-0.15, -0.1) is 0 Å². The van der Waals surface area contributed by atoms with E-state index in [0.29, 0.717) is 5.92 Å². The van der Waals surface area contributed by atoms with Crippen molar-refractivity contribution in [2.24, 2.45) is 11.8 Å². The Kier molecular flexibility index (Phi) is 4.15. The molecule has 1 saturated heterocycles. The van der Waals surface area contributed by atoms with Crippen LogP contribution >= 0.6 is 0 Å². The van der Waals surface area contributed by atoms with Crippen molar-refractivity contribution in [3.8, 4) is 0 Å². The molecule has 1 aliphatic carbocycles. The molecule has 104 valence electrons. The van der Waals surface area contributed by atoms with E-state index in [0.717, 1.165) is 19.0 Å². The topological polar surface area (TPSA) is 50.4 Å². The summed E-state index contributed by atoms with van der Waals surface area (Å²) < 4.78 is 5.33. The fraction of sp³-hybridized carbons (Fsp3) is 0.929. The number of carbonyl (C=O) groups is 1. The molecule has 2 fully saturated rings. The summed E-state index contributed by atoms with van der Waals surface area (Å²) >= 11 is 0. The van der Waals surface area contributed by atoms with Crippen LogP contribution in [0.1, 0.15) is 46.5 Å². The predicted molar refractivity (Wildman–Crippen MR) is 71.5 cm³/mol. The molecule has 0 aromatic carbocycles. The van der Waals surface area contributed by atoms with Gasteiger partial charge in [-0.1, -0.05) is 25.7 Å². The van der Waals surface area contributed by atoms with Crippen LogP contribution in [0.4, 0.5) is 4.79 Å². The van der Waals surface area contributed by atoms with Crippen LogP contribution in [-0.4, -0.2) is 30.8 Å². The Hall–Kier alpha value is -0.770. The highest BCUT2D eigenvalue weighted by Crippen LogP contribution is 2.34. The summed E-state index contributed by atoms with van der Waals surface area (Å²) in [4.78, 5) is 11.8. The molecule has 0 unspecified atom stereocenters. The molecule has 0 bridgehead atoms. The molecular weight excluding hydrogens is 228 g/mol. The number of nitrogens with one attached hydrogen (secondary N) is 2. The number of amides is 1. The van der Waals surface area contributed by atoms with Crippen LogP contribution in [-0.2, 0) is 4.74 Å². The molecule has 0 aromatic rings. The minimum atomic E-state index is -0.418. The molecule has 1 saturated carbocycles. The summed E-state index contributed by atoms with van der Waals surface area (Å²) in [5, 5.41) is 6.44. The first-order chi connectivity index (χ1) is 8.46. The Morgan fingerprint density at radius 2 is 1.89 bits per heavy atom. The quantitative estimate of drug-likeness (QED) is 0.795. The molecule has 2 N–H and O–H groups in total. The van der Waals surface area contributed by atoms with E-state index in [1.54, 1.807) is 0 Å². The molecule has 18 heavy (non-hydrogen) atoms. The van der Waals surface area contributed by atoms with Gasteiger partial charge in [0.05, 0.1) is 0 Å². The summed E-state index contributed by atoms with van der Waals surface area (Å²) in [6, 6.07) is 0.239. The van der Waals surface area contributed by atoms with E-state index in [-0.39, 0.29) is 12.1 Å². The monoisotopic (exact) mass is 254 g/mol. The molecule has 0 radical (unpaired) electrons. The third-order valence-corrected chi connectivity index (χ3v) is 3.97. The minimum Gasteiger partial charge on any atom is -0.444 e. The molecular formula is C14H26N2O2. The maximum atomic E-state index is 11.8. The Morgan fingerprint density at radius 1 is 1.22 bits per heavy atom. The standard InChI is InChI=1S/C14H26N2O2/c1-14(2,3)18-13(17)16-12-9-15-8-11(12)10-6-4-5-7-10/h10-12,15H,4-9H2,1-3H3,(H,16,17)/t11-,12-/m1/s1. The molecule has 4 nitrogen and oxygen atoms in total. The smallest absolute Gasteiger partial charge is 0.407 e. The predicted octanol–water partition coefficient (Wildman–Crippen LogP) is 2.29. The lowest BCUT2D eigenvalue weighted by Gasteiger charge is -2.27. The fourth-order valence-electron chi connectivity index (χ4n) is 3.20. The lowest BCUT2D eigenvalue weighted by atomic mass is 9.87. The van der Waals surface area contributed by atoms with Crippen LogP contribution in [0, 0.1) is 11.8 Å². The van der Waals surface area contributed by atoms with Gasteiger partial charge in [0.1, 0.15) is 5.60 Å². The third-order valence-electron chi connectivity index (χ3n) is 3.97. The number of ether oxygens (including phenoxy) is 1. The highest BCUT2D eigenvalue weighted by molar-refractivity contribution is 5.68. The Balaban J connectivity index is 1.85. The van der Waals surface area contributed by atoms with Crippen molar-refractivity contribution in [1.82, 2.24) is 10.6 Å². The van der Waals surface area contributed by atoms with Crippen molar-refractivity contribution in [3.05, 3.63) is 0 Å². The van der Waals surface area contributed by atoms with E-state index in [1.165, 1.54) is 25.7 Å². The van der Waals surface area contributed by atoms with Gasteiger partial charge < -0.3 is 15.4 Å². The maximum Gasteiger partial charge on any atom is 0.407 e. The van der Waals surface area contributed by atoms with Crippen molar-refractivity contribution in [1.29, 1.82) is 0 Å². The zero-order chi connectivity index (χ0) is 13.2. The van der Waals surface area contributed by atoms with Gasteiger partial charge in [0, 0.05) is 19.1 Å². The van der Waals surface area contributed by atoms with E-state index in [9.17, 15) is 4.79 Å². The Bertz CT molecular complexity index is 293. The van der Waals surface area contributed by atoms with E-state index < -0.39 is 5.60 Å². The second kappa shape index (κ2) is 5.47. The number of alkyl carbamates (subject to hydrolysis) is 1. The van der Waals surface area contributed by atoms with E-state index in [2.05, 4.69) is 10.6 Å². The van der Waals surface area contributed by atoms with Crippen molar-refractivity contribution >= 4 is 6.09 Å². The molecule has 0 aromatic heterocycles. The molecule has 2 rings (SSSR count). The zero-order valence-electron chi connectivity index (χ0n) is 11.8. The van der Waals surface area contributed by atoms with Crippen LogP contribution in [0.2, 0.25) is 0 Å². The van der Waals surface area contributed by atoms with Crippen molar-refractivity contribution in [3.63, 3.8) is 0 Å². The van der Waals surface area contributed by atoms with E-state index >= 15 is 0 Å². The Morgan fingerprint density at radius 3 is 2.50 bits per heavy atom. The lowest BCUT2D eigenvalue weighted by Crippen LogP contribution is -2.44. The summed E-state index contributed by atoms with van der Waals surface area (Å²) in [6.07, 6.45) is 5.05. The highest BCUT2D eigenvalue weighted by Gasteiger charge is 2.36. The van der Waals surface area contributed by atoms with Gasteiger partial charge in [0.25, 0.3) is 0 Å². The summed E-state index contributed by atoms with van der Waals surface area (Å²) in [6.45, 7) is 7.60. The second-order valence-electron chi connectivity index (χ2n) is 6.62. The number of carbonyl (C=O) groups excluding carboxylic acids is 1. The minimum absolute atomic E-state index is 0.239. The van der Waals surface area contributed by atoms with Crippen molar-refractivity contribution in [2.75, 3.05) is 13.1 Å². The van der Waals surface area contributed by atoms with E-state index in [1.807, 2.05) is 20.8 Å². The SMILES string of the molecule is CC(C)(C)OC(=O)N[C@@H]1CNC[C@@H]1C1CCCC1. The maximum absolute atomic E-state index is 11.8. The first-order valence-electron chi connectivity index (χ1n) is 7.16. The molecule has 1 aliphatic heterocycles. The van der Waals surface area contributed by atoms with Gasteiger partial charge in [-0.3, -0.25) is 0 Å². The van der Waals surface area contributed by atoms with Gasteiger partial charge in [-0.25, -0.2) is 4.79 Å². The van der Waals surface area contributed by atoms with Crippen LogP contribution in [0.5, 0.6) is 0 Å². The van der Waals surface area contributed by atoms with Crippen LogP contribution in [0.3, 0.4) is 0 Å². The molecule has 2 aliphatic rings. The molecule has 1 heterocycles. The normalized spacial score (nSPS) is 29.5. The first kappa shape index (κ1) is 13.7. The largest absolute Gasteiger partial charge is 0.444 e. The fourth-order valence-corrected chi connectivity index (χ4v) is 3.20. The second-order valence-corrected chi connectivity index (χ2v) is 6.62. The van der Waals surface area contributed by atoms with Crippen LogP contribution in [0.25, 0.3) is 0 Å². The average Bonchev–Trinajstić information content (AvgIpc) is 2.82. The van der Waals surface area contributed by atoms with Crippen LogP contribution in [0.15, 0.2) is 0 Å². The molecule has 4 heteroatoms. The lowest BCUT2D eigenvalue weighted by molar-refractivity contribution is 0.0489. The van der Waals surface area contributed by atoms with Crippen LogP contribution < -0.4 is 10.6 Å².